The predicted molar refractivity (Wildman–Crippen MR) is 149 cm³/mol. The fourth-order valence-electron chi connectivity index (χ4n) is 4.44. The molecule has 40 heavy (non-hydrogen) atoms. The van der Waals surface area contributed by atoms with E-state index in [-0.39, 0.29) is 30.0 Å². The highest BCUT2D eigenvalue weighted by molar-refractivity contribution is 7.92. The maximum atomic E-state index is 14.7. The number of ether oxygens (including phenoxy) is 2. The zero-order chi connectivity index (χ0) is 28.7. The standard InChI is InChI=1S/C29H32FN3O6S/c1-3-40(36,37)33(23-13-14-26-27(18-23)39-16-15-38-26)20-28(34)32(19-22-11-7-8-12-24(22)30)25(29(35)31-2)17-21-9-5-4-6-10-21/h4-14,18,25H,3,15-17,19-20H2,1-2H3,(H,31,35)/t25-/m1/s1. The van der Waals surface area contributed by atoms with Crippen molar-refractivity contribution >= 4 is 27.5 Å². The van der Waals surface area contributed by atoms with Gasteiger partial charge in [-0.05, 0) is 30.7 Å². The van der Waals surface area contributed by atoms with Crippen molar-refractivity contribution in [1.82, 2.24) is 10.2 Å². The van der Waals surface area contributed by atoms with Gasteiger partial charge < -0.3 is 19.7 Å². The Morgan fingerprint density at radius 3 is 2.33 bits per heavy atom. The third kappa shape index (κ3) is 6.71. The fourth-order valence-corrected chi connectivity index (χ4v) is 5.49. The Labute approximate surface area is 233 Å². The lowest BCUT2D eigenvalue weighted by Crippen LogP contribution is -2.53. The molecule has 0 aliphatic carbocycles. The largest absolute Gasteiger partial charge is 0.486 e. The van der Waals surface area contributed by atoms with Gasteiger partial charge in [-0.15, -0.1) is 0 Å². The van der Waals surface area contributed by atoms with E-state index >= 15 is 0 Å². The summed E-state index contributed by atoms with van der Waals surface area (Å²) in [7, 11) is -2.49. The molecular formula is C29H32FN3O6S. The summed E-state index contributed by atoms with van der Waals surface area (Å²) < 4.78 is 53.4. The van der Waals surface area contributed by atoms with Crippen LogP contribution in [0.25, 0.3) is 0 Å². The average Bonchev–Trinajstić information content (AvgIpc) is 2.98. The van der Waals surface area contributed by atoms with Gasteiger partial charge in [0.25, 0.3) is 0 Å². The number of rotatable bonds is 11. The van der Waals surface area contributed by atoms with Crippen LogP contribution in [0.15, 0.2) is 72.8 Å². The second-order valence-electron chi connectivity index (χ2n) is 9.17. The normalized spacial score (nSPS) is 13.3. The predicted octanol–water partition coefficient (Wildman–Crippen LogP) is 3.14. The third-order valence-electron chi connectivity index (χ3n) is 6.61. The fraction of sp³-hybridized carbons (Fsp3) is 0.310. The highest BCUT2D eigenvalue weighted by Gasteiger charge is 2.34. The van der Waals surface area contributed by atoms with E-state index in [1.165, 1.54) is 49.2 Å². The minimum Gasteiger partial charge on any atom is -0.486 e. The van der Waals surface area contributed by atoms with Gasteiger partial charge in [-0.2, -0.15) is 0 Å². The SMILES string of the molecule is CCS(=O)(=O)N(CC(=O)N(Cc1ccccc1F)[C@H](Cc1ccccc1)C(=O)NC)c1ccc2c(c1)OCCO2. The molecule has 1 aliphatic heterocycles. The quantitative estimate of drug-likeness (QED) is 0.381. The van der Waals surface area contributed by atoms with Crippen LogP contribution < -0.4 is 19.1 Å². The molecule has 0 saturated carbocycles. The Hall–Kier alpha value is -4.12. The molecule has 3 aromatic carbocycles. The topological polar surface area (TPSA) is 105 Å². The van der Waals surface area contributed by atoms with Crippen LogP contribution in [0.2, 0.25) is 0 Å². The van der Waals surface area contributed by atoms with E-state index in [1.54, 1.807) is 12.1 Å². The van der Waals surface area contributed by atoms with E-state index < -0.39 is 40.2 Å². The molecule has 1 N–H and O–H groups in total. The highest BCUT2D eigenvalue weighted by atomic mass is 32.2. The van der Waals surface area contributed by atoms with Crippen LogP contribution in [-0.2, 0) is 32.6 Å². The lowest BCUT2D eigenvalue weighted by molar-refractivity contribution is -0.139. The minimum atomic E-state index is -3.95. The first-order valence-electron chi connectivity index (χ1n) is 12.9. The van der Waals surface area contributed by atoms with Crippen LogP contribution in [0, 0.1) is 5.82 Å². The molecule has 0 saturated heterocycles. The number of hydrogen-bond acceptors (Lipinski definition) is 6. The number of hydrogen-bond donors (Lipinski definition) is 1. The summed E-state index contributed by atoms with van der Waals surface area (Å²) in [5.41, 5.74) is 1.19. The summed E-state index contributed by atoms with van der Waals surface area (Å²) in [5, 5.41) is 2.59. The summed E-state index contributed by atoms with van der Waals surface area (Å²) in [4.78, 5) is 28.4. The molecule has 212 valence electrons. The van der Waals surface area contributed by atoms with E-state index in [4.69, 9.17) is 9.47 Å². The molecule has 11 heteroatoms. The summed E-state index contributed by atoms with van der Waals surface area (Å²) in [6, 6.07) is 18.7. The molecule has 0 bridgehead atoms. The van der Waals surface area contributed by atoms with Crippen LogP contribution in [0.5, 0.6) is 11.5 Å². The van der Waals surface area contributed by atoms with Crippen LogP contribution >= 0.6 is 0 Å². The molecule has 9 nitrogen and oxygen atoms in total. The van der Waals surface area contributed by atoms with Crippen molar-refractivity contribution in [3.05, 3.63) is 89.7 Å². The van der Waals surface area contributed by atoms with E-state index in [0.29, 0.717) is 24.7 Å². The summed E-state index contributed by atoms with van der Waals surface area (Å²) in [5.74, 6) is -1.11. The van der Waals surface area contributed by atoms with Crippen LogP contribution in [0.1, 0.15) is 18.1 Å². The summed E-state index contributed by atoms with van der Waals surface area (Å²) in [6.45, 7) is 1.31. The van der Waals surface area contributed by atoms with Crippen molar-refractivity contribution in [3.8, 4) is 11.5 Å². The first-order valence-corrected chi connectivity index (χ1v) is 14.5. The molecular weight excluding hydrogens is 537 g/mol. The molecule has 0 unspecified atom stereocenters. The number of nitrogens with one attached hydrogen (secondary N) is 1. The number of nitrogens with zero attached hydrogens (tertiary/aromatic N) is 2. The highest BCUT2D eigenvalue weighted by Crippen LogP contribution is 2.35. The van der Waals surface area contributed by atoms with Crippen molar-refractivity contribution in [2.75, 3.05) is 36.9 Å². The first kappa shape index (κ1) is 28.9. The Kier molecular flexibility index (Phi) is 9.26. The van der Waals surface area contributed by atoms with E-state index in [2.05, 4.69) is 5.32 Å². The number of halogens is 1. The second-order valence-corrected chi connectivity index (χ2v) is 11.3. The Morgan fingerprint density at radius 1 is 0.975 bits per heavy atom. The third-order valence-corrected chi connectivity index (χ3v) is 8.35. The number of carbonyl (C=O) groups excluding carboxylic acids is 2. The lowest BCUT2D eigenvalue weighted by Gasteiger charge is -2.33. The average molecular weight is 570 g/mol. The van der Waals surface area contributed by atoms with Gasteiger partial charge in [-0.3, -0.25) is 13.9 Å². The van der Waals surface area contributed by atoms with E-state index in [1.807, 2.05) is 30.3 Å². The van der Waals surface area contributed by atoms with Crippen LogP contribution in [0.4, 0.5) is 10.1 Å². The van der Waals surface area contributed by atoms with E-state index in [9.17, 15) is 22.4 Å². The van der Waals surface area contributed by atoms with Crippen molar-refractivity contribution in [2.24, 2.45) is 0 Å². The zero-order valence-corrected chi connectivity index (χ0v) is 23.2. The molecule has 1 atom stereocenters. The molecule has 0 radical (unpaired) electrons. The Morgan fingerprint density at radius 2 is 1.65 bits per heavy atom. The van der Waals surface area contributed by atoms with Crippen LogP contribution in [-0.4, -0.2) is 63.7 Å². The van der Waals surface area contributed by atoms with Gasteiger partial charge in [-0.25, -0.2) is 12.8 Å². The molecule has 1 heterocycles. The molecule has 0 aromatic heterocycles. The molecule has 2 amide bonds. The number of anilines is 1. The molecule has 3 aromatic rings. The second kappa shape index (κ2) is 12.8. The number of likely N-dealkylation sites (N-methyl/N-ethyl adjacent to an activating group) is 1. The maximum absolute atomic E-state index is 14.7. The van der Waals surface area contributed by atoms with Crippen molar-refractivity contribution < 1.29 is 31.9 Å². The molecule has 4 rings (SSSR count). The van der Waals surface area contributed by atoms with Crippen molar-refractivity contribution in [1.29, 1.82) is 0 Å². The van der Waals surface area contributed by atoms with Crippen molar-refractivity contribution in [2.45, 2.75) is 25.9 Å². The van der Waals surface area contributed by atoms with Gasteiger partial charge in [-0.1, -0.05) is 48.5 Å². The maximum Gasteiger partial charge on any atom is 0.244 e. The summed E-state index contributed by atoms with van der Waals surface area (Å²) in [6.07, 6.45) is 0.144. The molecule has 0 fully saturated rings. The van der Waals surface area contributed by atoms with Gasteiger partial charge in [0, 0.05) is 31.6 Å². The van der Waals surface area contributed by atoms with Gasteiger partial charge in [0.05, 0.1) is 11.4 Å². The first-order chi connectivity index (χ1) is 19.2. The molecule has 1 aliphatic rings. The van der Waals surface area contributed by atoms with E-state index in [0.717, 1.165) is 9.87 Å². The number of fused-ring (bicyclic) bond motifs is 1. The smallest absolute Gasteiger partial charge is 0.244 e. The molecule has 0 spiro atoms. The zero-order valence-electron chi connectivity index (χ0n) is 22.4. The van der Waals surface area contributed by atoms with Gasteiger partial charge in [0.1, 0.15) is 31.6 Å². The number of sulfonamides is 1. The Bertz CT molecular complexity index is 1450. The summed E-state index contributed by atoms with van der Waals surface area (Å²) >= 11 is 0. The number of carbonyl (C=O) groups is 2. The van der Waals surface area contributed by atoms with Crippen molar-refractivity contribution in [3.63, 3.8) is 0 Å². The monoisotopic (exact) mass is 569 g/mol. The van der Waals surface area contributed by atoms with Crippen LogP contribution in [0.3, 0.4) is 0 Å². The van der Waals surface area contributed by atoms with Gasteiger partial charge in [0.15, 0.2) is 11.5 Å². The minimum absolute atomic E-state index is 0.144. The Balaban J connectivity index is 1.74. The number of benzene rings is 3. The van der Waals surface area contributed by atoms with Gasteiger partial charge >= 0.3 is 0 Å². The lowest BCUT2D eigenvalue weighted by atomic mass is 10.0. The number of amides is 2. The van der Waals surface area contributed by atoms with Gasteiger partial charge in [0.2, 0.25) is 21.8 Å².